The Balaban J connectivity index is 2.52. The van der Waals surface area contributed by atoms with Gasteiger partial charge in [-0.25, -0.2) is 0 Å². The number of hydrogen-bond donors (Lipinski definition) is 0. The maximum atomic E-state index is 12.6. The highest BCUT2D eigenvalue weighted by atomic mass is 127. The molecule has 2 rings (SSSR count). The highest BCUT2D eigenvalue weighted by Gasteiger charge is 2.19. The number of carbonyl (C=O) groups is 1. The molecule has 0 heterocycles. The normalized spacial score (nSPS) is 10.2. The lowest BCUT2D eigenvalue weighted by atomic mass is 10.0. The van der Waals surface area contributed by atoms with Crippen LogP contribution in [-0.4, -0.2) is 20.0 Å². The largest absolute Gasteiger partial charge is 0.495 e. The van der Waals surface area contributed by atoms with Gasteiger partial charge in [-0.05, 0) is 62.8 Å². The number of methoxy groups -OCH3 is 2. The minimum atomic E-state index is -0.0799. The van der Waals surface area contributed by atoms with Gasteiger partial charge in [0.25, 0.3) is 0 Å². The van der Waals surface area contributed by atoms with Crippen molar-refractivity contribution in [3.8, 4) is 11.5 Å². The molecule has 20 heavy (non-hydrogen) atoms. The molecule has 2 aromatic carbocycles. The van der Waals surface area contributed by atoms with Gasteiger partial charge < -0.3 is 9.47 Å². The van der Waals surface area contributed by atoms with Crippen molar-refractivity contribution in [3.63, 3.8) is 0 Å². The Morgan fingerprint density at radius 2 is 1.90 bits per heavy atom. The minimum Gasteiger partial charge on any atom is -0.495 e. The van der Waals surface area contributed by atoms with Crippen molar-refractivity contribution in [3.05, 3.63) is 55.6 Å². The molecule has 0 fully saturated rings. The van der Waals surface area contributed by atoms with Crippen molar-refractivity contribution < 1.29 is 14.3 Å². The Kier molecular flexibility index (Phi) is 5.04. The third-order valence-electron chi connectivity index (χ3n) is 2.82. The van der Waals surface area contributed by atoms with Crippen LogP contribution in [0, 0.1) is 3.57 Å². The fourth-order valence-electron chi connectivity index (χ4n) is 1.86. The molecule has 5 heteroatoms. The number of halogens is 2. The molecule has 104 valence electrons. The first-order chi connectivity index (χ1) is 9.58. The zero-order valence-corrected chi connectivity index (χ0v) is 14.7. The van der Waals surface area contributed by atoms with Crippen molar-refractivity contribution in [2.75, 3.05) is 14.2 Å². The van der Waals surface area contributed by atoms with E-state index >= 15 is 0 Å². The first-order valence-corrected chi connectivity index (χ1v) is 7.66. The van der Waals surface area contributed by atoms with E-state index in [0.717, 1.165) is 3.57 Å². The minimum absolute atomic E-state index is 0.0799. The second kappa shape index (κ2) is 6.58. The van der Waals surface area contributed by atoms with E-state index in [1.807, 2.05) is 18.2 Å². The van der Waals surface area contributed by atoms with E-state index in [-0.39, 0.29) is 5.78 Å². The average molecular weight is 447 g/mol. The van der Waals surface area contributed by atoms with Crippen LogP contribution >= 0.6 is 38.5 Å². The van der Waals surface area contributed by atoms with Crippen LogP contribution in [0.4, 0.5) is 0 Å². The molecule has 2 aromatic rings. The third-order valence-corrected chi connectivity index (χ3v) is 4.24. The van der Waals surface area contributed by atoms with Gasteiger partial charge in [-0.3, -0.25) is 4.79 Å². The predicted octanol–water partition coefficient (Wildman–Crippen LogP) is 4.30. The van der Waals surface area contributed by atoms with E-state index in [9.17, 15) is 4.79 Å². The molecule has 0 aliphatic heterocycles. The van der Waals surface area contributed by atoms with Crippen LogP contribution in [0.3, 0.4) is 0 Å². The van der Waals surface area contributed by atoms with E-state index in [4.69, 9.17) is 9.47 Å². The van der Waals surface area contributed by atoms with E-state index in [0.29, 0.717) is 27.1 Å². The molecule has 0 aliphatic rings. The van der Waals surface area contributed by atoms with Gasteiger partial charge in [-0.1, -0.05) is 12.1 Å². The van der Waals surface area contributed by atoms with Gasteiger partial charge in [0.1, 0.15) is 16.0 Å². The topological polar surface area (TPSA) is 35.5 Å². The zero-order valence-electron chi connectivity index (χ0n) is 10.9. The first-order valence-electron chi connectivity index (χ1n) is 5.79. The van der Waals surface area contributed by atoms with Crippen molar-refractivity contribution in [2.45, 2.75) is 0 Å². The highest BCUT2D eigenvalue weighted by Crippen LogP contribution is 2.38. The smallest absolute Gasteiger partial charge is 0.196 e. The van der Waals surface area contributed by atoms with E-state index in [2.05, 4.69) is 38.5 Å². The fourth-order valence-corrected chi connectivity index (χ4v) is 3.07. The van der Waals surface area contributed by atoms with Gasteiger partial charge in [-0.15, -0.1) is 0 Å². The van der Waals surface area contributed by atoms with E-state index < -0.39 is 0 Å². The molecule has 0 radical (unpaired) electrons. The van der Waals surface area contributed by atoms with Crippen molar-refractivity contribution in [2.24, 2.45) is 0 Å². The number of benzene rings is 2. The van der Waals surface area contributed by atoms with Crippen molar-refractivity contribution in [1.82, 2.24) is 0 Å². The molecule has 0 aromatic heterocycles. The molecule has 0 saturated heterocycles. The molecule has 0 amide bonds. The summed E-state index contributed by atoms with van der Waals surface area (Å²) in [5.41, 5.74) is 1.13. The summed E-state index contributed by atoms with van der Waals surface area (Å²) < 4.78 is 12.2. The molecule has 0 unspecified atom stereocenters. The summed E-state index contributed by atoms with van der Waals surface area (Å²) >= 11 is 5.59. The van der Waals surface area contributed by atoms with Crippen molar-refractivity contribution >= 4 is 44.3 Å². The van der Waals surface area contributed by atoms with Crippen LogP contribution in [0.15, 0.2) is 40.9 Å². The van der Waals surface area contributed by atoms with Gasteiger partial charge in [0.05, 0.1) is 19.8 Å². The maximum absolute atomic E-state index is 12.6. The van der Waals surface area contributed by atoms with Gasteiger partial charge in [0, 0.05) is 9.13 Å². The van der Waals surface area contributed by atoms with Gasteiger partial charge >= 0.3 is 0 Å². The molecule has 0 aliphatic carbocycles. The summed E-state index contributed by atoms with van der Waals surface area (Å²) in [6, 6.07) is 10.9. The third kappa shape index (κ3) is 2.98. The molecular formula is C15H12BrIO3. The molecule has 3 nitrogen and oxygen atoms in total. The van der Waals surface area contributed by atoms with Crippen LogP contribution in [-0.2, 0) is 0 Å². The Morgan fingerprint density at radius 1 is 1.15 bits per heavy atom. The summed E-state index contributed by atoms with van der Waals surface area (Å²) in [4.78, 5) is 12.6. The Hall–Kier alpha value is -1.08. The molecule has 0 N–H and O–H groups in total. The van der Waals surface area contributed by atoms with Gasteiger partial charge in [0.2, 0.25) is 0 Å². The first kappa shape index (κ1) is 15.3. The van der Waals surface area contributed by atoms with E-state index in [1.54, 1.807) is 25.3 Å². The zero-order chi connectivity index (χ0) is 14.7. The highest BCUT2D eigenvalue weighted by molar-refractivity contribution is 14.1. The SMILES string of the molecule is COc1ccc(C(=O)c2cccc(I)c2)c(OC)c1Br. The molecule has 0 saturated carbocycles. The summed E-state index contributed by atoms with van der Waals surface area (Å²) in [6.07, 6.45) is 0. The Labute approximate surface area is 139 Å². The summed E-state index contributed by atoms with van der Waals surface area (Å²) in [7, 11) is 3.10. The lowest BCUT2D eigenvalue weighted by molar-refractivity contribution is 0.103. The fraction of sp³-hybridized carbons (Fsp3) is 0.133. The summed E-state index contributed by atoms with van der Waals surface area (Å²) in [5.74, 6) is 1.03. The lowest BCUT2D eigenvalue weighted by Gasteiger charge is -2.12. The van der Waals surface area contributed by atoms with Crippen molar-refractivity contribution in [1.29, 1.82) is 0 Å². The van der Waals surface area contributed by atoms with Crippen LogP contribution in [0.2, 0.25) is 0 Å². The molecular weight excluding hydrogens is 435 g/mol. The summed E-state index contributed by atoms with van der Waals surface area (Å²) in [5, 5.41) is 0. The second-order valence-electron chi connectivity index (χ2n) is 4.00. The molecule has 0 bridgehead atoms. The monoisotopic (exact) mass is 446 g/mol. The molecule has 0 atom stereocenters. The number of carbonyl (C=O) groups excluding carboxylic acids is 1. The van der Waals surface area contributed by atoms with Crippen LogP contribution in [0.5, 0.6) is 11.5 Å². The van der Waals surface area contributed by atoms with Gasteiger partial charge in [-0.2, -0.15) is 0 Å². The molecule has 0 spiro atoms. The standard InChI is InChI=1S/C15H12BrIO3/c1-19-12-7-6-11(15(20-2)13(12)16)14(18)9-4-3-5-10(17)8-9/h3-8H,1-2H3. The predicted molar refractivity (Wildman–Crippen MR) is 89.8 cm³/mol. The quantitative estimate of drug-likeness (QED) is 0.518. The number of ether oxygens (including phenoxy) is 2. The lowest BCUT2D eigenvalue weighted by Crippen LogP contribution is -2.05. The maximum Gasteiger partial charge on any atom is 0.196 e. The van der Waals surface area contributed by atoms with Crippen LogP contribution < -0.4 is 9.47 Å². The number of ketones is 1. The number of rotatable bonds is 4. The number of hydrogen-bond acceptors (Lipinski definition) is 3. The van der Waals surface area contributed by atoms with Crippen LogP contribution in [0.1, 0.15) is 15.9 Å². The summed E-state index contributed by atoms with van der Waals surface area (Å²) in [6.45, 7) is 0. The average Bonchev–Trinajstić information content (AvgIpc) is 2.46. The Morgan fingerprint density at radius 3 is 2.50 bits per heavy atom. The Bertz CT molecular complexity index is 656. The van der Waals surface area contributed by atoms with Crippen LogP contribution in [0.25, 0.3) is 0 Å². The van der Waals surface area contributed by atoms with E-state index in [1.165, 1.54) is 7.11 Å². The second-order valence-corrected chi connectivity index (χ2v) is 6.04. The van der Waals surface area contributed by atoms with Gasteiger partial charge in [0.15, 0.2) is 5.78 Å².